The number of carbonyl (C=O) groups is 5. The van der Waals surface area contributed by atoms with E-state index in [9.17, 15) is 72.6 Å². The second-order valence-corrected chi connectivity index (χ2v) is 19.2. The number of aliphatic carboxylic acids is 1. The number of hydrogen-bond acceptors (Lipinski definition) is 25. The molecule has 2 unspecified atom stereocenters. The highest BCUT2D eigenvalue weighted by molar-refractivity contribution is 8.13. The summed E-state index contributed by atoms with van der Waals surface area (Å²) in [5, 5.41) is 36.5. The smallest absolute Gasteiger partial charge is 0.274 e. The maximum Gasteiger partial charge on any atom is 0.274 e. The summed E-state index contributed by atoms with van der Waals surface area (Å²) in [5.74, 6) is -5.68. The fourth-order valence-electron chi connectivity index (χ4n) is 5.61. The molecule has 3 heterocycles. The number of ether oxygens (including phenoxy) is 1. The Balaban J connectivity index is 1.21. The van der Waals surface area contributed by atoms with Crippen LogP contribution in [0.2, 0.25) is 0 Å². The molecule has 1 fully saturated rings. The van der Waals surface area contributed by atoms with Gasteiger partial charge in [-0.1, -0.05) is 55.9 Å². The molecular weight excluding hydrogens is 927 g/mol. The minimum atomic E-state index is -5.96. The van der Waals surface area contributed by atoms with E-state index in [4.69, 9.17) is 10.5 Å². The Morgan fingerprint density at radius 3 is 2.32 bits per heavy atom. The second-order valence-electron chi connectivity index (χ2n) is 14.0. The third-order valence-electron chi connectivity index (χ3n) is 8.75. The molecule has 1 aliphatic rings. The first kappa shape index (κ1) is 51.6. The van der Waals surface area contributed by atoms with E-state index in [0.717, 1.165) is 31.1 Å². The number of Topliss-reactive ketones (excluding diaryl/α,β-unsaturated/α-hetero) is 1. The molecule has 3 aromatic rings. The minimum Gasteiger partial charge on any atom is -0.790 e. The average molecular weight is 967 g/mol. The second kappa shape index (κ2) is 21.7. The summed E-state index contributed by atoms with van der Waals surface area (Å²) < 4.78 is 60.5. The van der Waals surface area contributed by atoms with Crippen molar-refractivity contribution in [3.8, 4) is 0 Å². The van der Waals surface area contributed by atoms with E-state index in [1.54, 1.807) is 18.2 Å². The molecule has 6 N–H and O–H groups in total. The number of carboxylic acid groups (broad SMARTS) is 1. The van der Waals surface area contributed by atoms with E-state index in [1.165, 1.54) is 12.1 Å². The van der Waals surface area contributed by atoms with Gasteiger partial charge in [0.1, 0.15) is 36.3 Å². The Morgan fingerprint density at radius 1 is 1.00 bits per heavy atom. The number of hydrogen-bond donors (Lipinski definition) is 5. The molecule has 0 radical (unpaired) electrons. The SMILES string of the molecule is CC(C)(COP(=O)([O-])OP(=O)([O-])OC[C@H]1O[C@@H](n2cnc3c(N)ncnc32)[C@H](O)[C@@H]1OP(=O)([O-])[O-])[C@@H](O)C(=O)NCCC(=O)NCCSC(=O)[C@@H](CC(=O)[O-])C(=O)c1ccccc1. The predicted molar refractivity (Wildman–Crippen MR) is 202 cm³/mol. The van der Waals surface area contributed by atoms with Crippen molar-refractivity contribution in [1.82, 2.24) is 30.2 Å². The van der Waals surface area contributed by atoms with Gasteiger partial charge < -0.3 is 78.9 Å². The molecule has 0 saturated carbocycles. The number of imidazole rings is 1. The van der Waals surface area contributed by atoms with Crippen LogP contribution in [0.5, 0.6) is 0 Å². The molecule has 0 bridgehead atoms. The maximum atomic E-state index is 12.7. The van der Waals surface area contributed by atoms with Gasteiger partial charge >= 0.3 is 0 Å². The van der Waals surface area contributed by atoms with Crippen molar-refractivity contribution in [3.05, 3.63) is 48.5 Å². The average Bonchev–Trinajstić information content (AvgIpc) is 3.76. The van der Waals surface area contributed by atoms with E-state index < -0.39 is 114 Å². The van der Waals surface area contributed by atoms with Gasteiger partial charge in [-0.15, -0.1) is 0 Å². The van der Waals surface area contributed by atoms with Crippen LogP contribution < -0.4 is 41.0 Å². The monoisotopic (exact) mass is 966 g/mol. The molecule has 2 aromatic heterocycles. The normalized spacial score (nSPS) is 20.9. The number of carbonyl (C=O) groups excluding carboxylic acids is 5. The van der Waals surface area contributed by atoms with Crippen molar-refractivity contribution in [3.63, 3.8) is 0 Å². The molecule has 0 spiro atoms. The van der Waals surface area contributed by atoms with Crippen molar-refractivity contribution < 1.29 is 95.2 Å². The number of ketones is 1. The van der Waals surface area contributed by atoms with E-state index in [-0.39, 0.29) is 47.8 Å². The molecule has 63 heavy (non-hydrogen) atoms. The number of thioether (sulfide) groups is 1. The first-order chi connectivity index (χ1) is 29.3. The van der Waals surface area contributed by atoms with Crippen LogP contribution in [0.3, 0.4) is 0 Å². The Kier molecular flexibility index (Phi) is 17.8. The maximum absolute atomic E-state index is 12.7. The van der Waals surface area contributed by atoms with Crippen LogP contribution in [0.1, 0.15) is 43.3 Å². The molecular formula is C32H39N7O20P3S-5. The summed E-state index contributed by atoms with van der Waals surface area (Å²) in [7, 11) is -17.7. The number of benzene rings is 1. The highest BCUT2D eigenvalue weighted by Crippen LogP contribution is 2.56. The Labute approximate surface area is 360 Å². The van der Waals surface area contributed by atoms with Gasteiger partial charge in [-0.05, 0) is 0 Å². The van der Waals surface area contributed by atoms with Gasteiger partial charge in [-0.25, -0.2) is 19.3 Å². The summed E-state index contributed by atoms with van der Waals surface area (Å²) >= 11 is 0.620. The van der Waals surface area contributed by atoms with Gasteiger partial charge in [0, 0.05) is 48.6 Å². The van der Waals surface area contributed by atoms with Gasteiger partial charge in [0.15, 0.2) is 28.6 Å². The molecule has 1 aliphatic heterocycles. The van der Waals surface area contributed by atoms with Gasteiger partial charge in [-0.2, -0.15) is 0 Å². The predicted octanol–water partition coefficient (Wildman–Crippen LogP) is -4.22. The summed E-state index contributed by atoms with van der Waals surface area (Å²) in [5.41, 5.74) is 4.08. The first-order valence-electron chi connectivity index (χ1n) is 18.1. The quantitative estimate of drug-likeness (QED) is 0.0246. The molecule has 348 valence electrons. The number of nitrogens with zero attached hydrogens (tertiary/aromatic N) is 4. The fourth-order valence-corrected chi connectivity index (χ4v) is 9.15. The van der Waals surface area contributed by atoms with Crippen LogP contribution in [0, 0.1) is 11.3 Å². The molecule has 2 amide bonds. The Bertz CT molecular complexity index is 2280. The zero-order valence-electron chi connectivity index (χ0n) is 32.8. The lowest BCUT2D eigenvalue weighted by Crippen LogP contribution is -2.46. The summed E-state index contributed by atoms with van der Waals surface area (Å²) in [6, 6.07) is 7.57. The molecule has 8 atom stereocenters. The number of nitrogens with two attached hydrogens (primary N) is 1. The number of amides is 2. The highest BCUT2D eigenvalue weighted by Gasteiger charge is 2.47. The van der Waals surface area contributed by atoms with Crippen LogP contribution in [-0.2, 0) is 55.5 Å². The van der Waals surface area contributed by atoms with Crippen molar-refractivity contribution in [2.24, 2.45) is 11.3 Å². The van der Waals surface area contributed by atoms with E-state index in [2.05, 4.69) is 43.5 Å². The number of nitrogen functional groups attached to an aromatic ring is 1. The van der Waals surface area contributed by atoms with Crippen LogP contribution in [0.15, 0.2) is 43.0 Å². The van der Waals surface area contributed by atoms with Crippen LogP contribution >= 0.6 is 35.2 Å². The lowest BCUT2D eigenvalue weighted by molar-refractivity contribution is -0.347. The number of aliphatic hydroxyl groups excluding tert-OH is 2. The zero-order chi connectivity index (χ0) is 46.9. The first-order valence-corrected chi connectivity index (χ1v) is 23.5. The molecule has 31 heteroatoms. The van der Waals surface area contributed by atoms with Crippen molar-refractivity contribution in [1.29, 1.82) is 0 Å². The van der Waals surface area contributed by atoms with Crippen LogP contribution in [-0.4, -0.2) is 115 Å². The van der Waals surface area contributed by atoms with E-state index in [0.29, 0.717) is 11.8 Å². The lowest BCUT2D eigenvalue weighted by Gasteiger charge is -2.36. The van der Waals surface area contributed by atoms with Crippen molar-refractivity contribution in [2.45, 2.75) is 57.3 Å². The number of aliphatic hydroxyl groups is 2. The van der Waals surface area contributed by atoms with E-state index >= 15 is 0 Å². The highest BCUT2D eigenvalue weighted by atomic mass is 32.2. The number of nitrogens with one attached hydrogen (secondary N) is 2. The standard InChI is InChI=1S/C32H44N7O20P3S/c1-32(2,26(45)29(46)35-9-8-20(40)34-10-11-63-31(47)18(12-21(41)42)23(43)17-6-4-3-5-7-17)14-56-62(53,54)59-61(51,52)55-13-19-25(58-60(48,49)50)24(44)30(57-19)39-16-38-22-27(33)36-15-37-28(22)39/h3-7,15-16,18-19,24-26,30,44-45H,8-14H2,1-2H3,(H,34,40)(H,35,46)(H,41,42)(H,51,52)(H,53,54)(H2,33,36,37)(H2,48,49,50)/p-5/t18-,19+,24+,25+,26-,30+/m0/s1. The zero-order valence-corrected chi connectivity index (χ0v) is 36.3. The van der Waals surface area contributed by atoms with Crippen molar-refractivity contribution in [2.75, 3.05) is 37.8 Å². The van der Waals surface area contributed by atoms with Gasteiger partial charge in [0.2, 0.25) is 11.8 Å². The number of anilines is 1. The summed E-state index contributed by atoms with van der Waals surface area (Å²) in [6.07, 6.45) is -8.81. The largest absolute Gasteiger partial charge is 0.790 e. The third-order valence-corrected chi connectivity index (χ3v) is 12.7. The summed E-state index contributed by atoms with van der Waals surface area (Å²) in [6.45, 7) is -0.508. The van der Waals surface area contributed by atoms with Gasteiger partial charge in [0.05, 0.1) is 33.3 Å². The number of phosphoric ester groups is 3. The van der Waals surface area contributed by atoms with E-state index in [1.807, 2.05) is 0 Å². The van der Waals surface area contributed by atoms with Gasteiger partial charge in [-0.3, -0.25) is 32.9 Å². The number of aromatic nitrogens is 4. The lowest BCUT2D eigenvalue weighted by atomic mass is 9.87. The molecule has 0 aliphatic carbocycles. The molecule has 4 rings (SSSR count). The third kappa shape index (κ3) is 15.0. The number of carboxylic acids is 1. The number of phosphoric acid groups is 3. The summed E-state index contributed by atoms with van der Waals surface area (Å²) in [4.78, 5) is 121. The molecule has 1 saturated heterocycles. The topological polar surface area (TPSA) is 432 Å². The number of fused-ring (bicyclic) bond motifs is 1. The van der Waals surface area contributed by atoms with Gasteiger partial charge in [0.25, 0.3) is 15.6 Å². The molecule has 1 aromatic carbocycles. The fraction of sp³-hybridized carbons (Fsp3) is 0.500. The van der Waals surface area contributed by atoms with Crippen LogP contribution in [0.25, 0.3) is 11.2 Å². The molecule has 27 nitrogen and oxygen atoms in total. The Hall–Kier alpha value is -4.08. The Morgan fingerprint density at radius 2 is 1.67 bits per heavy atom. The van der Waals surface area contributed by atoms with Crippen LogP contribution in [0.4, 0.5) is 5.82 Å². The number of rotatable bonds is 24. The van der Waals surface area contributed by atoms with Crippen molar-refractivity contribution >= 4 is 80.9 Å². The minimum absolute atomic E-state index is 0.0233.